The predicted molar refractivity (Wildman–Crippen MR) is 63.9 cm³/mol. The fourth-order valence-corrected chi connectivity index (χ4v) is 2.06. The summed E-state index contributed by atoms with van der Waals surface area (Å²) >= 11 is 5.87. The molecule has 0 unspecified atom stereocenters. The molecule has 0 atom stereocenters. The fraction of sp³-hybridized carbons (Fsp3) is 0.167. The molecule has 2 aromatic rings. The summed E-state index contributed by atoms with van der Waals surface area (Å²) in [5, 5.41) is 8.94. The summed E-state index contributed by atoms with van der Waals surface area (Å²) in [7, 11) is 1.29. The zero-order valence-electron chi connectivity index (χ0n) is 9.55. The van der Waals surface area contributed by atoms with Crippen molar-refractivity contribution in [2.24, 2.45) is 7.05 Å². The van der Waals surface area contributed by atoms with Crippen molar-refractivity contribution >= 4 is 22.5 Å². The second-order valence-corrected chi connectivity index (χ2v) is 4.27. The van der Waals surface area contributed by atoms with Gasteiger partial charge in [-0.15, -0.1) is 0 Å². The number of fused-ring (bicyclic) bond motifs is 1. The van der Waals surface area contributed by atoms with Gasteiger partial charge < -0.3 is 4.57 Å². The lowest BCUT2D eigenvalue weighted by Gasteiger charge is -2.11. The number of benzene rings is 1. The third-order valence-corrected chi connectivity index (χ3v) is 3.17. The summed E-state index contributed by atoms with van der Waals surface area (Å²) in [5.74, 6) is 0. The third kappa shape index (κ3) is 2.06. The van der Waals surface area contributed by atoms with Crippen molar-refractivity contribution in [3.05, 3.63) is 44.7 Å². The maximum absolute atomic E-state index is 12.6. The van der Waals surface area contributed by atoms with Crippen molar-refractivity contribution in [3.8, 4) is 6.07 Å². The van der Waals surface area contributed by atoms with Gasteiger partial charge in [-0.25, -0.2) is 0 Å². The van der Waals surface area contributed by atoms with Gasteiger partial charge in [-0.2, -0.15) is 18.4 Å². The molecule has 0 radical (unpaired) electrons. The van der Waals surface area contributed by atoms with Crippen molar-refractivity contribution in [2.45, 2.75) is 6.18 Å². The van der Waals surface area contributed by atoms with Gasteiger partial charge in [0.2, 0.25) is 0 Å². The molecule has 0 amide bonds. The zero-order chi connectivity index (χ0) is 14.4. The first-order chi connectivity index (χ1) is 8.77. The Hall–Kier alpha value is -2.00. The molecule has 0 N–H and O–H groups in total. The number of rotatable bonds is 0. The van der Waals surface area contributed by atoms with Gasteiger partial charge in [-0.3, -0.25) is 4.79 Å². The van der Waals surface area contributed by atoms with E-state index in [2.05, 4.69) is 0 Å². The largest absolute Gasteiger partial charge is 0.416 e. The van der Waals surface area contributed by atoms with E-state index in [9.17, 15) is 18.0 Å². The molecule has 19 heavy (non-hydrogen) atoms. The Morgan fingerprint density at radius 3 is 2.53 bits per heavy atom. The lowest BCUT2D eigenvalue weighted by molar-refractivity contribution is -0.137. The molecule has 3 nitrogen and oxygen atoms in total. The van der Waals surface area contributed by atoms with Crippen LogP contribution in [0.4, 0.5) is 13.2 Å². The van der Waals surface area contributed by atoms with Gasteiger partial charge in [0.15, 0.2) is 0 Å². The summed E-state index contributed by atoms with van der Waals surface area (Å²) in [6.07, 6.45) is -4.51. The molecule has 0 saturated heterocycles. The number of halogens is 4. The Labute approximate surface area is 110 Å². The molecule has 0 aliphatic heterocycles. The van der Waals surface area contributed by atoms with Gasteiger partial charge in [0.1, 0.15) is 11.6 Å². The van der Waals surface area contributed by atoms with Crippen molar-refractivity contribution in [2.75, 3.05) is 0 Å². The smallest absolute Gasteiger partial charge is 0.310 e. The molecule has 1 heterocycles. The van der Waals surface area contributed by atoms with E-state index < -0.39 is 17.3 Å². The fourth-order valence-electron chi connectivity index (χ4n) is 1.77. The van der Waals surface area contributed by atoms with Crippen LogP contribution in [0.15, 0.2) is 23.0 Å². The highest BCUT2D eigenvalue weighted by Crippen LogP contribution is 2.33. The highest BCUT2D eigenvalue weighted by Gasteiger charge is 2.31. The Morgan fingerprint density at radius 1 is 1.37 bits per heavy atom. The van der Waals surface area contributed by atoms with Crippen molar-refractivity contribution in [3.63, 3.8) is 0 Å². The molecule has 1 aromatic carbocycles. The Bertz CT molecular complexity index is 772. The first-order valence-electron chi connectivity index (χ1n) is 5.07. The molecule has 0 saturated carbocycles. The number of nitriles is 1. The third-order valence-electron chi connectivity index (χ3n) is 2.77. The monoisotopic (exact) mass is 286 g/mol. The van der Waals surface area contributed by atoms with Crippen LogP contribution in [-0.4, -0.2) is 4.57 Å². The van der Waals surface area contributed by atoms with Crippen LogP contribution in [0.3, 0.4) is 0 Å². The van der Waals surface area contributed by atoms with Crippen molar-refractivity contribution in [1.82, 2.24) is 4.57 Å². The molecule has 0 fully saturated rings. The van der Waals surface area contributed by atoms with Gasteiger partial charge in [-0.1, -0.05) is 17.7 Å². The summed E-state index contributed by atoms with van der Waals surface area (Å²) in [6.45, 7) is 0. The van der Waals surface area contributed by atoms with Crippen LogP contribution in [0.1, 0.15) is 11.1 Å². The van der Waals surface area contributed by atoms with E-state index in [0.717, 1.165) is 22.8 Å². The number of aryl methyl sites for hydroxylation is 1. The molecule has 7 heteroatoms. The highest BCUT2D eigenvalue weighted by molar-refractivity contribution is 6.36. The van der Waals surface area contributed by atoms with Crippen LogP contribution >= 0.6 is 11.6 Å². The van der Waals surface area contributed by atoms with E-state index in [1.807, 2.05) is 0 Å². The van der Waals surface area contributed by atoms with Crippen molar-refractivity contribution in [1.29, 1.82) is 5.26 Å². The lowest BCUT2D eigenvalue weighted by atomic mass is 10.1. The standard InChI is InChI=1S/C12H6ClF3N2O/c1-18-9-4-6(12(14,15)16)2-3-7(9)10(13)8(5-17)11(18)19/h2-4H,1H3. The number of nitrogens with zero attached hydrogens (tertiary/aromatic N) is 2. The molecule has 0 spiro atoms. The van der Waals surface area contributed by atoms with Crippen LogP contribution in [0.25, 0.3) is 10.9 Å². The van der Waals surface area contributed by atoms with E-state index in [1.54, 1.807) is 6.07 Å². The minimum atomic E-state index is -4.51. The lowest BCUT2D eigenvalue weighted by Crippen LogP contribution is -2.21. The summed E-state index contributed by atoms with van der Waals surface area (Å²) in [5.41, 5.74) is -1.85. The van der Waals surface area contributed by atoms with Gasteiger partial charge in [0.05, 0.1) is 16.1 Å². The Morgan fingerprint density at radius 2 is 2.00 bits per heavy atom. The molecule has 98 valence electrons. The van der Waals surface area contributed by atoms with E-state index >= 15 is 0 Å². The second-order valence-electron chi connectivity index (χ2n) is 3.89. The molecule has 2 rings (SSSR count). The molecule has 0 bridgehead atoms. The van der Waals surface area contributed by atoms with Gasteiger partial charge in [-0.05, 0) is 12.1 Å². The molecular weight excluding hydrogens is 281 g/mol. The van der Waals surface area contributed by atoms with E-state index in [-0.39, 0.29) is 21.5 Å². The number of hydrogen-bond donors (Lipinski definition) is 0. The van der Waals surface area contributed by atoms with Crippen LogP contribution in [0.2, 0.25) is 5.02 Å². The van der Waals surface area contributed by atoms with Gasteiger partial charge >= 0.3 is 6.18 Å². The first kappa shape index (κ1) is 13.4. The number of hydrogen-bond acceptors (Lipinski definition) is 2. The zero-order valence-corrected chi connectivity index (χ0v) is 10.3. The normalized spacial score (nSPS) is 11.6. The van der Waals surface area contributed by atoms with E-state index in [4.69, 9.17) is 16.9 Å². The second kappa shape index (κ2) is 4.28. The van der Waals surface area contributed by atoms with E-state index in [1.165, 1.54) is 7.05 Å². The van der Waals surface area contributed by atoms with E-state index in [0.29, 0.717) is 0 Å². The first-order valence-corrected chi connectivity index (χ1v) is 5.44. The topological polar surface area (TPSA) is 45.8 Å². The Balaban J connectivity index is 2.94. The maximum atomic E-state index is 12.6. The number of alkyl halides is 3. The average Bonchev–Trinajstić information content (AvgIpc) is 2.35. The Kier molecular flexibility index (Phi) is 3.03. The maximum Gasteiger partial charge on any atom is 0.416 e. The van der Waals surface area contributed by atoms with Crippen molar-refractivity contribution < 1.29 is 13.2 Å². The summed E-state index contributed by atoms with van der Waals surface area (Å²) < 4.78 is 38.8. The predicted octanol–water partition coefficient (Wildman–Crippen LogP) is 3.08. The van der Waals surface area contributed by atoms with Crippen LogP contribution in [-0.2, 0) is 13.2 Å². The summed E-state index contributed by atoms with van der Waals surface area (Å²) in [6, 6.07) is 4.51. The minimum absolute atomic E-state index is 0.0313. The molecule has 0 aliphatic carbocycles. The average molecular weight is 287 g/mol. The quantitative estimate of drug-likeness (QED) is 0.747. The van der Waals surface area contributed by atoms with Crippen LogP contribution in [0.5, 0.6) is 0 Å². The SMILES string of the molecule is Cn1c(=O)c(C#N)c(Cl)c2ccc(C(F)(F)F)cc21. The highest BCUT2D eigenvalue weighted by atomic mass is 35.5. The molecule has 1 aromatic heterocycles. The van der Waals surface area contributed by atoms with Crippen LogP contribution in [0, 0.1) is 11.3 Å². The van der Waals surface area contributed by atoms with Gasteiger partial charge in [0, 0.05) is 12.4 Å². The summed E-state index contributed by atoms with van der Waals surface area (Å²) in [4.78, 5) is 11.8. The van der Waals surface area contributed by atoms with Crippen LogP contribution < -0.4 is 5.56 Å². The molecule has 0 aliphatic rings. The minimum Gasteiger partial charge on any atom is -0.310 e. The molecular formula is C12H6ClF3N2O. The van der Waals surface area contributed by atoms with Gasteiger partial charge in [0.25, 0.3) is 5.56 Å². The number of aromatic nitrogens is 1. The number of pyridine rings is 1.